The van der Waals surface area contributed by atoms with E-state index in [-0.39, 0.29) is 30.3 Å². The minimum atomic E-state index is -0.261. The second kappa shape index (κ2) is 9.20. The molecule has 5 nitrogen and oxygen atoms in total. The summed E-state index contributed by atoms with van der Waals surface area (Å²) in [7, 11) is 0. The molecule has 1 saturated heterocycles. The molecule has 0 bridgehead atoms. The number of carbonyl (C=O) groups is 2. The van der Waals surface area contributed by atoms with Gasteiger partial charge in [0.25, 0.3) is 5.91 Å². The lowest BCUT2D eigenvalue weighted by molar-refractivity contribution is -0.117. The number of rotatable bonds is 5. The van der Waals surface area contributed by atoms with Gasteiger partial charge in [-0.05, 0) is 49.0 Å². The van der Waals surface area contributed by atoms with E-state index < -0.39 is 0 Å². The molecule has 134 valence electrons. The van der Waals surface area contributed by atoms with Crippen molar-refractivity contribution in [3.05, 3.63) is 51.2 Å². The quantitative estimate of drug-likeness (QED) is 0.720. The number of anilines is 1. The van der Waals surface area contributed by atoms with E-state index in [1.54, 1.807) is 29.5 Å². The Morgan fingerprint density at radius 3 is 2.84 bits per heavy atom. The molecule has 8 heteroatoms. The van der Waals surface area contributed by atoms with Crippen molar-refractivity contribution >= 4 is 52.8 Å². The van der Waals surface area contributed by atoms with Crippen molar-refractivity contribution in [1.29, 1.82) is 0 Å². The fourth-order valence-corrected chi connectivity index (χ4v) is 3.44. The molecular formula is C17H19Cl2N3O2S. The van der Waals surface area contributed by atoms with Gasteiger partial charge in [-0.2, -0.15) is 0 Å². The monoisotopic (exact) mass is 399 g/mol. The molecule has 1 aromatic heterocycles. The first-order chi connectivity index (χ1) is 11.6. The average molecular weight is 400 g/mol. The zero-order valence-corrected chi connectivity index (χ0v) is 15.8. The van der Waals surface area contributed by atoms with Gasteiger partial charge < -0.3 is 16.0 Å². The Kier molecular flexibility index (Phi) is 7.25. The summed E-state index contributed by atoms with van der Waals surface area (Å²) in [5.74, 6) is -0.344. The van der Waals surface area contributed by atoms with Gasteiger partial charge in [0.1, 0.15) is 0 Å². The van der Waals surface area contributed by atoms with E-state index in [2.05, 4.69) is 16.0 Å². The molecule has 2 amide bonds. The molecule has 3 N–H and O–H groups in total. The molecule has 1 aromatic carbocycles. The Balaban J connectivity index is 0.00000225. The highest BCUT2D eigenvalue weighted by Gasteiger charge is 2.22. The zero-order valence-electron chi connectivity index (χ0n) is 13.4. The summed E-state index contributed by atoms with van der Waals surface area (Å²) in [5.41, 5.74) is 0.921. The Morgan fingerprint density at radius 2 is 2.16 bits per heavy atom. The first kappa shape index (κ1) is 19.7. The van der Waals surface area contributed by atoms with Crippen LogP contribution in [0.4, 0.5) is 5.69 Å². The van der Waals surface area contributed by atoms with Crippen LogP contribution < -0.4 is 16.0 Å². The molecule has 1 atom stereocenters. The number of carbonyl (C=O) groups excluding carboxylic acids is 2. The maximum Gasteiger partial charge on any atom is 0.253 e. The third-order valence-electron chi connectivity index (χ3n) is 3.86. The number of hydrogen-bond donors (Lipinski definition) is 3. The number of halogens is 2. The van der Waals surface area contributed by atoms with E-state index in [4.69, 9.17) is 11.6 Å². The molecule has 1 aliphatic rings. The number of nitrogens with one attached hydrogen (secondary N) is 3. The standard InChI is InChI=1S/C17H18ClN3O2S.ClH/c18-14-6-5-11(21-17(23)15-4-1-7-19-15)9-13(14)16(22)20-10-12-3-2-8-24-12;/h2-3,5-6,8-9,15,19H,1,4,7,10H2,(H,20,22)(H,21,23);1H. The summed E-state index contributed by atoms with van der Waals surface area (Å²) in [6.45, 7) is 1.31. The van der Waals surface area contributed by atoms with Crippen molar-refractivity contribution in [2.24, 2.45) is 0 Å². The van der Waals surface area contributed by atoms with Crippen molar-refractivity contribution in [3.8, 4) is 0 Å². The van der Waals surface area contributed by atoms with E-state index in [9.17, 15) is 9.59 Å². The number of thiophene rings is 1. The Morgan fingerprint density at radius 1 is 1.32 bits per heavy atom. The van der Waals surface area contributed by atoms with E-state index in [1.165, 1.54) is 0 Å². The van der Waals surface area contributed by atoms with Crippen LogP contribution in [-0.4, -0.2) is 24.4 Å². The minimum absolute atomic E-state index is 0. The van der Waals surface area contributed by atoms with Crippen molar-refractivity contribution in [2.75, 3.05) is 11.9 Å². The van der Waals surface area contributed by atoms with Gasteiger partial charge in [-0.25, -0.2) is 0 Å². The fraction of sp³-hybridized carbons (Fsp3) is 0.294. The summed E-state index contributed by atoms with van der Waals surface area (Å²) < 4.78 is 0. The predicted octanol–water partition coefficient (Wildman–Crippen LogP) is 3.44. The first-order valence-electron chi connectivity index (χ1n) is 7.78. The van der Waals surface area contributed by atoms with Gasteiger partial charge in [0.2, 0.25) is 5.91 Å². The van der Waals surface area contributed by atoms with Gasteiger partial charge in [0.15, 0.2) is 0 Å². The van der Waals surface area contributed by atoms with Crippen LogP contribution in [0, 0.1) is 0 Å². The maximum atomic E-state index is 12.3. The predicted molar refractivity (Wildman–Crippen MR) is 104 cm³/mol. The zero-order chi connectivity index (χ0) is 16.9. The van der Waals surface area contributed by atoms with Crippen LogP contribution in [0.25, 0.3) is 0 Å². The maximum absolute atomic E-state index is 12.3. The lowest BCUT2D eigenvalue weighted by Crippen LogP contribution is -2.35. The second-order valence-corrected chi connectivity index (χ2v) is 7.03. The Bertz CT molecular complexity index is 731. The molecule has 1 fully saturated rings. The summed E-state index contributed by atoms with van der Waals surface area (Å²) >= 11 is 7.71. The van der Waals surface area contributed by atoms with Crippen LogP contribution in [0.1, 0.15) is 28.1 Å². The average Bonchev–Trinajstić information content (AvgIpc) is 3.28. The summed E-state index contributed by atoms with van der Waals surface area (Å²) in [6, 6.07) is 8.66. The van der Waals surface area contributed by atoms with Crippen molar-refractivity contribution < 1.29 is 9.59 Å². The van der Waals surface area contributed by atoms with Crippen molar-refractivity contribution in [1.82, 2.24) is 10.6 Å². The molecule has 1 unspecified atom stereocenters. The topological polar surface area (TPSA) is 70.2 Å². The SMILES string of the molecule is Cl.O=C(NCc1cccs1)c1cc(NC(=O)C2CCCN2)ccc1Cl. The Hall–Kier alpha value is -1.60. The molecule has 0 aliphatic carbocycles. The van der Waals surface area contributed by atoms with E-state index >= 15 is 0 Å². The molecule has 0 saturated carbocycles. The fourth-order valence-electron chi connectivity index (χ4n) is 2.59. The third kappa shape index (κ3) is 5.19. The smallest absolute Gasteiger partial charge is 0.253 e. The van der Waals surface area contributed by atoms with Gasteiger partial charge in [0, 0.05) is 10.6 Å². The lowest BCUT2D eigenvalue weighted by Gasteiger charge is -2.13. The van der Waals surface area contributed by atoms with Crippen LogP contribution in [-0.2, 0) is 11.3 Å². The molecule has 0 radical (unpaired) electrons. The molecule has 0 spiro atoms. The van der Waals surface area contributed by atoms with Gasteiger partial charge >= 0.3 is 0 Å². The van der Waals surface area contributed by atoms with Gasteiger partial charge in [-0.1, -0.05) is 17.7 Å². The molecule has 2 heterocycles. The third-order valence-corrected chi connectivity index (χ3v) is 5.06. The molecule has 3 rings (SSSR count). The van der Waals surface area contributed by atoms with Crippen molar-refractivity contribution in [3.63, 3.8) is 0 Å². The highest BCUT2D eigenvalue weighted by Crippen LogP contribution is 2.21. The molecular weight excluding hydrogens is 381 g/mol. The molecule has 25 heavy (non-hydrogen) atoms. The number of hydrogen-bond acceptors (Lipinski definition) is 4. The highest BCUT2D eigenvalue weighted by molar-refractivity contribution is 7.09. The van der Waals surface area contributed by atoms with E-state index in [1.807, 2.05) is 17.5 Å². The van der Waals surface area contributed by atoms with Crippen LogP contribution in [0.2, 0.25) is 5.02 Å². The summed E-state index contributed by atoms with van der Waals surface area (Å²) in [5, 5.41) is 11.1. The molecule has 1 aliphatic heterocycles. The van der Waals surface area contributed by atoms with Gasteiger partial charge in [-0.3, -0.25) is 9.59 Å². The minimum Gasteiger partial charge on any atom is -0.347 e. The Labute approximate surface area is 161 Å². The van der Waals surface area contributed by atoms with Gasteiger partial charge in [0.05, 0.1) is 23.2 Å². The largest absolute Gasteiger partial charge is 0.347 e. The second-order valence-electron chi connectivity index (χ2n) is 5.59. The van der Waals surface area contributed by atoms with E-state index in [0.717, 1.165) is 24.3 Å². The van der Waals surface area contributed by atoms with Crippen LogP contribution >= 0.6 is 35.3 Å². The molecule has 2 aromatic rings. The van der Waals surface area contributed by atoms with Gasteiger partial charge in [-0.15, -0.1) is 23.7 Å². The first-order valence-corrected chi connectivity index (χ1v) is 9.03. The summed E-state index contributed by atoms with van der Waals surface area (Å²) in [4.78, 5) is 25.6. The van der Waals surface area contributed by atoms with Crippen LogP contribution in [0.15, 0.2) is 35.7 Å². The van der Waals surface area contributed by atoms with Crippen LogP contribution in [0.5, 0.6) is 0 Å². The highest BCUT2D eigenvalue weighted by atomic mass is 35.5. The number of benzene rings is 1. The van der Waals surface area contributed by atoms with E-state index in [0.29, 0.717) is 22.8 Å². The normalized spacial score (nSPS) is 16.1. The summed E-state index contributed by atoms with van der Waals surface area (Å²) in [6.07, 6.45) is 1.82. The lowest BCUT2D eigenvalue weighted by atomic mass is 10.1. The van der Waals surface area contributed by atoms with Crippen molar-refractivity contribution in [2.45, 2.75) is 25.4 Å². The number of amides is 2. The van der Waals surface area contributed by atoms with Crippen LogP contribution in [0.3, 0.4) is 0 Å².